The highest BCUT2D eigenvalue weighted by molar-refractivity contribution is 6.04. The molecular formula is C17H18N2O4. The molecule has 0 fully saturated rings. The molecule has 0 aliphatic rings. The molecule has 0 saturated carbocycles. The number of aliphatic hydroxyl groups excluding tert-OH is 1. The number of nitrogens with one attached hydrogen (secondary N) is 1. The van der Waals surface area contributed by atoms with E-state index in [1.54, 1.807) is 24.3 Å². The zero-order chi connectivity index (χ0) is 16.8. The van der Waals surface area contributed by atoms with Gasteiger partial charge < -0.3 is 10.4 Å². The van der Waals surface area contributed by atoms with Crippen molar-refractivity contribution in [1.82, 2.24) is 0 Å². The van der Waals surface area contributed by atoms with Crippen LogP contribution in [0.4, 0.5) is 11.4 Å². The highest BCUT2D eigenvalue weighted by Crippen LogP contribution is 2.21. The summed E-state index contributed by atoms with van der Waals surface area (Å²) in [6, 6.07) is 11.6. The van der Waals surface area contributed by atoms with Gasteiger partial charge in [0, 0.05) is 29.5 Å². The predicted molar refractivity (Wildman–Crippen MR) is 87.7 cm³/mol. The van der Waals surface area contributed by atoms with Crippen molar-refractivity contribution in [1.29, 1.82) is 0 Å². The van der Waals surface area contributed by atoms with Gasteiger partial charge in [-0.1, -0.05) is 25.1 Å². The third kappa shape index (κ3) is 4.14. The average molecular weight is 314 g/mol. The van der Waals surface area contributed by atoms with Crippen LogP contribution in [0.3, 0.4) is 0 Å². The summed E-state index contributed by atoms with van der Waals surface area (Å²) >= 11 is 0. The Balaban J connectivity index is 2.17. The molecule has 0 bridgehead atoms. The molecule has 0 aromatic heterocycles. The second-order valence-corrected chi connectivity index (χ2v) is 5.08. The van der Waals surface area contributed by atoms with Gasteiger partial charge in [-0.15, -0.1) is 0 Å². The summed E-state index contributed by atoms with van der Waals surface area (Å²) in [5.41, 5.74) is 2.36. The molecule has 0 heterocycles. The van der Waals surface area contributed by atoms with Crippen molar-refractivity contribution in [3.63, 3.8) is 0 Å². The van der Waals surface area contributed by atoms with Gasteiger partial charge in [0.1, 0.15) is 0 Å². The molecule has 2 rings (SSSR count). The zero-order valence-electron chi connectivity index (χ0n) is 12.8. The van der Waals surface area contributed by atoms with E-state index in [1.807, 2.05) is 19.1 Å². The molecule has 0 aliphatic carbocycles. The molecule has 1 amide bonds. The number of nitro benzene ring substituents is 1. The molecule has 2 aromatic rings. The Hall–Kier alpha value is -2.73. The summed E-state index contributed by atoms with van der Waals surface area (Å²) in [4.78, 5) is 22.8. The largest absolute Gasteiger partial charge is 0.396 e. The van der Waals surface area contributed by atoms with Crippen LogP contribution < -0.4 is 5.32 Å². The second kappa shape index (κ2) is 7.51. The van der Waals surface area contributed by atoms with Crippen LogP contribution in [0.15, 0.2) is 42.5 Å². The van der Waals surface area contributed by atoms with E-state index in [2.05, 4.69) is 5.32 Å². The van der Waals surface area contributed by atoms with Gasteiger partial charge in [0.25, 0.3) is 11.6 Å². The fraction of sp³-hybridized carbons (Fsp3) is 0.235. The van der Waals surface area contributed by atoms with Crippen molar-refractivity contribution in [3.8, 4) is 0 Å². The number of anilines is 1. The van der Waals surface area contributed by atoms with Gasteiger partial charge in [-0.05, 0) is 36.6 Å². The maximum absolute atomic E-state index is 12.2. The summed E-state index contributed by atoms with van der Waals surface area (Å²) in [5, 5.41) is 22.6. The van der Waals surface area contributed by atoms with E-state index in [-0.39, 0.29) is 17.9 Å². The van der Waals surface area contributed by atoms with Crippen LogP contribution in [0.1, 0.15) is 28.4 Å². The molecule has 0 unspecified atom stereocenters. The number of hydrogen-bond acceptors (Lipinski definition) is 4. The summed E-state index contributed by atoms with van der Waals surface area (Å²) in [6.45, 7) is 1.90. The first-order chi connectivity index (χ1) is 11.0. The maximum Gasteiger partial charge on any atom is 0.273 e. The van der Waals surface area contributed by atoms with Crippen molar-refractivity contribution in [2.24, 2.45) is 0 Å². The van der Waals surface area contributed by atoms with Crippen LogP contribution >= 0.6 is 0 Å². The van der Waals surface area contributed by atoms with Crippen LogP contribution in [-0.2, 0) is 12.8 Å². The Bertz CT molecular complexity index is 711. The number of carbonyl (C=O) groups is 1. The molecule has 2 N–H and O–H groups in total. The van der Waals surface area contributed by atoms with Crippen LogP contribution in [0.5, 0.6) is 0 Å². The van der Waals surface area contributed by atoms with Gasteiger partial charge in [-0.3, -0.25) is 14.9 Å². The van der Waals surface area contributed by atoms with Crippen molar-refractivity contribution < 1.29 is 14.8 Å². The third-order valence-electron chi connectivity index (χ3n) is 3.54. The number of carbonyl (C=O) groups excluding carboxylic acids is 1. The first-order valence-corrected chi connectivity index (χ1v) is 7.33. The Labute approximate surface area is 133 Å². The van der Waals surface area contributed by atoms with E-state index in [9.17, 15) is 14.9 Å². The van der Waals surface area contributed by atoms with Crippen LogP contribution in [0.25, 0.3) is 0 Å². The fourth-order valence-corrected chi connectivity index (χ4v) is 2.26. The quantitative estimate of drug-likeness (QED) is 0.633. The number of amides is 1. The zero-order valence-corrected chi connectivity index (χ0v) is 12.8. The summed E-state index contributed by atoms with van der Waals surface area (Å²) in [7, 11) is 0. The van der Waals surface area contributed by atoms with E-state index < -0.39 is 10.8 Å². The molecule has 0 radical (unpaired) electrons. The molecule has 0 saturated heterocycles. The summed E-state index contributed by atoms with van der Waals surface area (Å²) in [5.74, 6) is -0.398. The first-order valence-electron chi connectivity index (χ1n) is 7.33. The Morgan fingerprint density at radius 1 is 1.22 bits per heavy atom. The standard InChI is InChI=1S/C17H18N2O4/c1-2-13-5-6-14(11-16(13)19(22)23)17(21)18-15-7-3-12(4-8-15)9-10-20/h3-8,11,20H,2,9-10H2,1H3,(H,18,21). The second-order valence-electron chi connectivity index (χ2n) is 5.08. The average Bonchev–Trinajstić information content (AvgIpc) is 2.56. The van der Waals surface area contributed by atoms with Crippen LogP contribution in [-0.4, -0.2) is 22.5 Å². The van der Waals surface area contributed by atoms with Crippen LogP contribution in [0, 0.1) is 10.1 Å². The topological polar surface area (TPSA) is 92.5 Å². The van der Waals surface area contributed by atoms with Crippen molar-refractivity contribution in [3.05, 3.63) is 69.3 Å². The number of aliphatic hydroxyl groups is 1. The van der Waals surface area contributed by atoms with Gasteiger partial charge in [0.2, 0.25) is 0 Å². The lowest BCUT2D eigenvalue weighted by atomic mass is 10.1. The van der Waals surface area contributed by atoms with E-state index in [0.29, 0.717) is 24.1 Å². The van der Waals surface area contributed by atoms with E-state index in [4.69, 9.17) is 5.11 Å². The predicted octanol–water partition coefficient (Wildman–Crippen LogP) is 2.94. The lowest BCUT2D eigenvalue weighted by Gasteiger charge is -2.07. The maximum atomic E-state index is 12.2. The lowest BCUT2D eigenvalue weighted by Crippen LogP contribution is -2.12. The third-order valence-corrected chi connectivity index (χ3v) is 3.54. The highest BCUT2D eigenvalue weighted by atomic mass is 16.6. The molecule has 6 heteroatoms. The molecule has 2 aromatic carbocycles. The minimum absolute atomic E-state index is 0.0431. The number of rotatable bonds is 6. The van der Waals surface area contributed by atoms with Crippen molar-refractivity contribution in [2.45, 2.75) is 19.8 Å². The number of benzene rings is 2. The Kier molecular flexibility index (Phi) is 5.43. The minimum atomic E-state index is -0.473. The SMILES string of the molecule is CCc1ccc(C(=O)Nc2ccc(CCO)cc2)cc1[N+](=O)[O-]. The molecule has 0 aliphatic heterocycles. The normalized spacial score (nSPS) is 10.3. The van der Waals surface area contributed by atoms with Crippen LogP contribution in [0.2, 0.25) is 0 Å². The number of hydrogen-bond donors (Lipinski definition) is 2. The molecule has 6 nitrogen and oxygen atoms in total. The first kappa shape index (κ1) is 16.6. The molecule has 0 atom stereocenters. The minimum Gasteiger partial charge on any atom is -0.396 e. The Morgan fingerprint density at radius 2 is 1.91 bits per heavy atom. The van der Waals surface area contributed by atoms with Crippen molar-refractivity contribution >= 4 is 17.3 Å². The number of aryl methyl sites for hydroxylation is 1. The molecule has 23 heavy (non-hydrogen) atoms. The van der Waals surface area contributed by atoms with Gasteiger partial charge in [-0.2, -0.15) is 0 Å². The number of nitro groups is 1. The monoisotopic (exact) mass is 314 g/mol. The van der Waals surface area contributed by atoms with E-state index in [1.165, 1.54) is 6.07 Å². The Morgan fingerprint density at radius 3 is 2.48 bits per heavy atom. The molecular weight excluding hydrogens is 296 g/mol. The highest BCUT2D eigenvalue weighted by Gasteiger charge is 2.16. The van der Waals surface area contributed by atoms with Gasteiger partial charge in [0.15, 0.2) is 0 Å². The molecule has 120 valence electrons. The van der Waals surface area contributed by atoms with Gasteiger partial charge >= 0.3 is 0 Å². The van der Waals surface area contributed by atoms with Gasteiger partial charge in [-0.25, -0.2) is 0 Å². The smallest absolute Gasteiger partial charge is 0.273 e. The van der Waals surface area contributed by atoms with Gasteiger partial charge in [0.05, 0.1) is 4.92 Å². The van der Waals surface area contributed by atoms with E-state index in [0.717, 1.165) is 5.56 Å². The summed E-state index contributed by atoms with van der Waals surface area (Å²) in [6.07, 6.45) is 1.09. The molecule has 0 spiro atoms. The fourth-order valence-electron chi connectivity index (χ4n) is 2.26. The lowest BCUT2D eigenvalue weighted by molar-refractivity contribution is -0.385. The number of nitrogens with zero attached hydrogens (tertiary/aromatic N) is 1. The van der Waals surface area contributed by atoms with Crippen molar-refractivity contribution in [2.75, 3.05) is 11.9 Å². The van der Waals surface area contributed by atoms with E-state index >= 15 is 0 Å². The summed E-state index contributed by atoms with van der Waals surface area (Å²) < 4.78 is 0.